The second-order valence-corrected chi connectivity index (χ2v) is 5.16. The summed E-state index contributed by atoms with van der Waals surface area (Å²) in [6.07, 6.45) is 2.32. The average molecular weight is 254 g/mol. The Balaban J connectivity index is 2.21. The lowest BCUT2D eigenvalue weighted by Gasteiger charge is -2.37. The number of rotatable bonds is 3. The van der Waals surface area contributed by atoms with E-state index in [-0.39, 0.29) is 6.04 Å². The van der Waals surface area contributed by atoms with Gasteiger partial charge in [0, 0.05) is 30.8 Å². The number of halogens is 2. The number of nitrogens with two attached hydrogens (primary N) is 1. The SMILES string of the molecule is C[C@H]1CCCN([C@@H](CN)c2ccc(F)cc2F)C1. The molecular formula is C14H20F2N2. The number of piperidine rings is 1. The van der Waals surface area contributed by atoms with Crippen molar-refractivity contribution in [3.8, 4) is 0 Å². The van der Waals surface area contributed by atoms with Crippen LogP contribution in [0.2, 0.25) is 0 Å². The van der Waals surface area contributed by atoms with Gasteiger partial charge in [0.15, 0.2) is 0 Å². The van der Waals surface area contributed by atoms with Crippen LogP contribution in [0.5, 0.6) is 0 Å². The molecule has 0 aromatic heterocycles. The molecule has 0 amide bonds. The molecule has 0 bridgehead atoms. The van der Waals surface area contributed by atoms with E-state index in [1.807, 2.05) is 0 Å². The second-order valence-electron chi connectivity index (χ2n) is 5.16. The lowest BCUT2D eigenvalue weighted by molar-refractivity contribution is 0.131. The van der Waals surface area contributed by atoms with Gasteiger partial charge in [-0.3, -0.25) is 4.90 Å². The summed E-state index contributed by atoms with van der Waals surface area (Å²) >= 11 is 0. The Morgan fingerprint density at radius 3 is 2.83 bits per heavy atom. The van der Waals surface area contributed by atoms with Crippen molar-refractivity contribution in [2.45, 2.75) is 25.8 Å². The summed E-state index contributed by atoms with van der Waals surface area (Å²) in [6.45, 7) is 4.41. The first kappa shape index (κ1) is 13.4. The van der Waals surface area contributed by atoms with Gasteiger partial charge in [0.1, 0.15) is 11.6 Å². The molecule has 0 radical (unpaired) electrons. The molecule has 4 heteroatoms. The Labute approximate surface area is 107 Å². The number of hydrogen-bond donors (Lipinski definition) is 1. The van der Waals surface area contributed by atoms with Gasteiger partial charge in [-0.05, 0) is 31.4 Å². The molecule has 1 aliphatic heterocycles. The van der Waals surface area contributed by atoms with Crippen molar-refractivity contribution in [2.75, 3.05) is 19.6 Å². The van der Waals surface area contributed by atoms with E-state index >= 15 is 0 Å². The van der Waals surface area contributed by atoms with E-state index in [0.717, 1.165) is 25.6 Å². The van der Waals surface area contributed by atoms with Gasteiger partial charge in [-0.25, -0.2) is 8.78 Å². The Hall–Kier alpha value is -1.00. The first-order chi connectivity index (χ1) is 8.61. The smallest absolute Gasteiger partial charge is 0.130 e. The summed E-state index contributed by atoms with van der Waals surface area (Å²) in [7, 11) is 0. The Morgan fingerprint density at radius 1 is 1.44 bits per heavy atom. The number of hydrogen-bond acceptors (Lipinski definition) is 2. The van der Waals surface area contributed by atoms with Crippen molar-refractivity contribution in [3.63, 3.8) is 0 Å². The van der Waals surface area contributed by atoms with E-state index in [1.165, 1.54) is 18.6 Å². The van der Waals surface area contributed by atoms with Gasteiger partial charge >= 0.3 is 0 Å². The fourth-order valence-electron chi connectivity index (χ4n) is 2.75. The van der Waals surface area contributed by atoms with Crippen LogP contribution in [0.15, 0.2) is 18.2 Å². The summed E-state index contributed by atoms with van der Waals surface area (Å²) in [5.41, 5.74) is 6.29. The molecule has 2 atom stereocenters. The van der Waals surface area contributed by atoms with Crippen LogP contribution in [0.4, 0.5) is 8.78 Å². The van der Waals surface area contributed by atoms with Crippen LogP contribution in [0, 0.1) is 17.6 Å². The third-order valence-electron chi connectivity index (χ3n) is 3.67. The van der Waals surface area contributed by atoms with Crippen molar-refractivity contribution in [1.82, 2.24) is 4.90 Å². The molecule has 1 aromatic rings. The maximum atomic E-state index is 13.8. The highest BCUT2D eigenvalue weighted by Crippen LogP contribution is 2.27. The van der Waals surface area contributed by atoms with Gasteiger partial charge in [0.05, 0.1) is 0 Å². The number of benzene rings is 1. The molecular weight excluding hydrogens is 234 g/mol. The average Bonchev–Trinajstić information content (AvgIpc) is 2.33. The molecule has 100 valence electrons. The van der Waals surface area contributed by atoms with Crippen LogP contribution < -0.4 is 5.73 Å². The predicted molar refractivity (Wildman–Crippen MR) is 68.1 cm³/mol. The van der Waals surface area contributed by atoms with Gasteiger partial charge in [-0.2, -0.15) is 0 Å². The van der Waals surface area contributed by atoms with Gasteiger partial charge in [0.2, 0.25) is 0 Å². The zero-order chi connectivity index (χ0) is 13.1. The molecule has 0 saturated carbocycles. The molecule has 1 aromatic carbocycles. The van der Waals surface area contributed by atoms with Crippen LogP contribution in [0.1, 0.15) is 31.4 Å². The van der Waals surface area contributed by atoms with E-state index in [0.29, 0.717) is 18.0 Å². The fraction of sp³-hybridized carbons (Fsp3) is 0.571. The van der Waals surface area contributed by atoms with Crippen molar-refractivity contribution >= 4 is 0 Å². The molecule has 2 rings (SSSR count). The fourth-order valence-corrected chi connectivity index (χ4v) is 2.75. The molecule has 1 saturated heterocycles. The lowest BCUT2D eigenvalue weighted by Crippen LogP contribution is -2.40. The first-order valence-corrected chi connectivity index (χ1v) is 6.51. The minimum Gasteiger partial charge on any atom is -0.329 e. The Bertz CT molecular complexity index is 409. The summed E-state index contributed by atoms with van der Waals surface area (Å²) in [4.78, 5) is 2.21. The van der Waals surface area contributed by atoms with E-state index < -0.39 is 11.6 Å². The molecule has 0 aliphatic carbocycles. The minimum absolute atomic E-state index is 0.145. The highest BCUT2D eigenvalue weighted by Gasteiger charge is 2.26. The monoisotopic (exact) mass is 254 g/mol. The number of nitrogens with zero attached hydrogens (tertiary/aromatic N) is 1. The van der Waals surface area contributed by atoms with Crippen molar-refractivity contribution in [3.05, 3.63) is 35.4 Å². The molecule has 0 spiro atoms. The van der Waals surface area contributed by atoms with Crippen LogP contribution in [-0.4, -0.2) is 24.5 Å². The maximum absolute atomic E-state index is 13.8. The molecule has 2 nitrogen and oxygen atoms in total. The zero-order valence-electron chi connectivity index (χ0n) is 10.7. The summed E-state index contributed by atoms with van der Waals surface area (Å²) in [6, 6.07) is 3.61. The standard InChI is InChI=1S/C14H20F2N2/c1-10-3-2-6-18(9-10)14(8-17)12-5-4-11(15)7-13(12)16/h4-5,7,10,14H,2-3,6,8-9,17H2,1H3/t10-,14-/m0/s1. The number of likely N-dealkylation sites (tertiary alicyclic amines) is 1. The predicted octanol–water partition coefficient (Wildman–Crippen LogP) is 2.70. The Kier molecular flexibility index (Phi) is 4.30. The van der Waals surface area contributed by atoms with Crippen LogP contribution in [0.3, 0.4) is 0 Å². The summed E-state index contributed by atoms with van der Waals surface area (Å²) in [5, 5.41) is 0. The molecule has 1 aliphatic rings. The minimum atomic E-state index is -0.543. The second kappa shape index (κ2) is 5.76. The van der Waals surface area contributed by atoms with Gasteiger partial charge < -0.3 is 5.73 Å². The molecule has 0 unspecified atom stereocenters. The van der Waals surface area contributed by atoms with Crippen molar-refractivity contribution in [1.29, 1.82) is 0 Å². The van der Waals surface area contributed by atoms with Crippen molar-refractivity contribution in [2.24, 2.45) is 11.7 Å². The van der Waals surface area contributed by atoms with Gasteiger partial charge in [-0.15, -0.1) is 0 Å². The zero-order valence-corrected chi connectivity index (χ0v) is 10.7. The normalized spacial score (nSPS) is 23.0. The maximum Gasteiger partial charge on any atom is 0.130 e. The topological polar surface area (TPSA) is 29.3 Å². The lowest BCUT2D eigenvalue weighted by atomic mass is 9.96. The van der Waals surface area contributed by atoms with Crippen molar-refractivity contribution < 1.29 is 8.78 Å². The summed E-state index contributed by atoms with van der Waals surface area (Å²) in [5.74, 6) is -0.431. The van der Waals surface area contributed by atoms with E-state index in [2.05, 4.69) is 11.8 Å². The van der Waals surface area contributed by atoms with Crippen LogP contribution >= 0.6 is 0 Å². The van der Waals surface area contributed by atoms with E-state index in [9.17, 15) is 8.78 Å². The summed E-state index contributed by atoms with van der Waals surface area (Å²) < 4.78 is 26.8. The van der Waals surface area contributed by atoms with E-state index in [1.54, 1.807) is 0 Å². The molecule has 1 heterocycles. The van der Waals surface area contributed by atoms with E-state index in [4.69, 9.17) is 5.73 Å². The van der Waals surface area contributed by atoms with Crippen LogP contribution in [-0.2, 0) is 0 Å². The largest absolute Gasteiger partial charge is 0.329 e. The Morgan fingerprint density at radius 2 is 2.22 bits per heavy atom. The van der Waals surface area contributed by atoms with Crippen LogP contribution in [0.25, 0.3) is 0 Å². The molecule has 1 fully saturated rings. The van der Waals surface area contributed by atoms with Gasteiger partial charge in [-0.1, -0.05) is 13.0 Å². The highest BCUT2D eigenvalue weighted by atomic mass is 19.1. The third kappa shape index (κ3) is 2.87. The molecule has 2 N–H and O–H groups in total. The highest BCUT2D eigenvalue weighted by molar-refractivity contribution is 5.22. The first-order valence-electron chi connectivity index (χ1n) is 6.51. The quantitative estimate of drug-likeness (QED) is 0.898. The molecule has 18 heavy (non-hydrogen) atoms. The third-order valence-corrected chi connectivity index (χ3v) is 3.67. The van der Waals surface area contributed by atoms with Gasteiger partial charge in [0.25, 0.3) is 0 Å².